The van der Waals surface area contributed by atoms with E-state index in [1.165, 1.54) is 0 Å². The van der Waals surface area contributed by atoms with Gasteiger partial charge >= 0.3 is 5.97 Å². The molecule has 2 N–H and O–H groups in total. The van der Waals surface area contributed by atoms with Gasteiger partial charge in [0.15, 0.2) is 12.4 Å². The first-order valence-corrected chi connectivity index (χ1v) is 16.1. The summed E-state index contributed by atoms with van der Waals surface area (Å²) in [6.45, 7) is 4.99. The fraction of sp³-hybridized carbons (Fsp3) is 0.394. The summed E-state index contributed by atoms with van der Waals surface area (Å²) < 4.78 is 22.9. The van der Waals surface area contributed by atoms with Crippen molar-refractivity contribution in [3.8, 4) is 17.2 Å². The van der Waals surface area contributed by atoms with Crippen molar-refractivity contribution in [1.29, 1.82) is 0 Å². The van der Waals surface area contributed by atoms with Crippen LogP contribution in [0.4, 0.5) is 0 Å². The molecule has 1 unspecified atom stereocenters. The number of hydrogen-bond donors (Lipinski definition) is 1. The highest BCUT2D eigenvalue weighted by atomic mass is 79.9. The van der Waals surface area contributed by atoms with Gasteiger partial charge in [-0.3, -0.25) is 4.79 Å². The van der Waals surface area contributed by atoms with E-state index in [2.05, 4.69) is 15.9 Å². The number of carbonyl (C=O) groups is 2. The summed E-state index contributed by atoms with van der Waals surface area (Å²) in [7, 11) is 0. The SMILES string of the molecule is CCOC(=O)COc1cccc(CN(C(=O)C(CN)Cc2ccc(OCCOc3c(Cl)cc(C)cc3Cl)cc2)C2CC2)c1Br. The minimum atomic E-state index is -0.437. The second-order valence-corrected chi connectivity index (χ2v) is 12.2. The Kier molecular flexibility index (Phi) is 12.6. The largest absolute Gasteiger partial charge is 0.490 e. The van der Waals surface area contributed by atoms with E-state index in [1.807, 2.05) is 48.2 Å². The molecule has 1 atom stereocenters. The Labute approximate surface area is 276 Å². The lowest BCUT2D eigenvalue weighted by atomic mass is 9.97. The topological polar surface area (TPSA) is 100 Å². The molecule has 3 aromatic rings. The van der Waals surface area contributed by atoms with Gasteiger partial charge < -0.3 is 29.6 Å². The maximum absolute atomic E-state index is 13.8. The van der Waals surface area contributed by atoms with Gasteiger partial charge in [-0.05, 0) is 96.1 Å². The molecule has 0 spiro atoms. The first-order chi connectivity index (χ1) is 21.2. The van der Waals surface area contributed by atoms with Gasteiger partial charge in [-0.15, -0.1) is 0 Å². The molecule has 1 fully saturated rings. The van der Waals surface area contributed by atoms with Crippen molar-refractivity contribution in [1.82, 2.24) is 4.90 Å². The Morgan fingerprint density at radius 3 is 2.34 bits per heavy atom. The van der Waals surface area contributed by atoms with E-state index in [0.717, 1.165) is 29.5 Å². The number of rotatable bonds is 16. The van der Waals surface area contributed by atoms with Gasteiger partial charge in [-0.25, -0.2) is 4.79 Å². The van der Waals surface area contributed by atoms with Crippen LogP contribution in [-0.4, -0.2) is 55.8 Å². The molecule has 236 valence electrons. The highest BCUT2D eigenvalue weighted by molar-refractivity contribution is 9.10. The van der Waals surface area contributed by atoms with Crippen LogP contribution in [0.15, 0.2) is 59.1 Å². The third-order valence-electron chi connectivity index (χ3n) is 7.09. The number of benzene rings is 3. The molecule has 1 saturated carbocycles. The van der Waals surface area contributed by atoms with Crippen molar-refractivity contribution in [3.05, 3.63) is 85.8 Å². The molecule has 0 bridgehead atoms. The van der Waals surface area contributed by atoms with Crippen molar-refractivity contribution >= 4 is 51.0 Å². The Hall–Kier alpha value is -2.98. The second-order valence-electron chi connectivity index (χ2n) is 10.6. The first-order valence-electron chi connectivity index (χ1n) is 14.6. The highest BCUT2D eigenvalue weighted by Gasteiger charge is 2.36. The summed E-state index contributed by atoms with van der Waals surface area (Å²) in [5.74, 6) is 0.854. The van der Waals surface area contributed by atoms with E-state index < -0.39 is 5.97 Å². The molecule has 11 heteroatoms. The normalized spacial score (nSPS) is 13.2. The zero-order valence-corrected chi connectivity index (χ0v) is 27.9. The predicted molar refractivity (Wildman–Crippen MR) is 175 cm³/mol. The van der Waals surface area contributed by atoms with Crippen LogP contribution in [0.3, 0.4) is 0 Å². The lowest BCUT2D eigenvalue weighted by Crippen LogP contribution is -2.41. The molecule has 8 nitrogen and oxygen atoms in total. The van der Waals surface area contributed by atoms with Crippen LogP contribution in [0.2, 0.25) is 10.0 Å². The summed E-state index contributed by atoms with van der Waals surface area (Å²) in [4.78, 5) is 27.4. The Balaban J connectivity index is 1.32. The van der Waals surface area contributed by atoms with Gasteiger partial charge in [-0.2, -0.15) is 0 Å². The number of carbonyl (C=O) groups excluding carboxylic acids is 2. The molecular formula is C33H37BrCl2N2O6. The molecule has 0 aromatic heterocycles. The van der Waals surface area contributed by atoms with Crippen LogP contribution in [0.25, 0.3) is 0 Å². The number of esters is 1. The van der Waals surface area contributed by atoms with E-state index in [1.54, 1.807) is 25.1 Å². The quantitative estimate of drug-likeness (QED) is 0.130. The number of nitrogens with zero attached hydrogens (tertiary/aromatic N) is 1. The Morgan fingerprint density at radius 2 is 1.70 bits per heavy atom. The van der Waals surface area contributed by atoms with Crippen molar-refractivity contribution in [2.75, 3.05) is 33.0 Å². The van der Waals surface area contributed by atoms with Crippen molar-refractivity contribution in [3.63, 3.8) is 0 Å². The van der Waals surface area contributed by atoms with Gasteiger partial charge in [-0.1, -0.05) is 47.5 Å². The smallest absolute Gasteiger partial charge is 0.344 e. The third-order valence-corrected chi connectivity index (χ3v) is 8.55. The molecule has 1 amide bonds. The maximum atomic E-state index is 13.8. The fourth-order valence-electron chi connectivity index (χ4n) is 4.73. The molecular weight excluding hydrogens is 671 g/mol. The molecule has 0 radical (unpaired) electrons. The molecule has 0 aliphatic heterocycles. The number of ether oxygens (including phenoxy) is 4. The van der Waals surface area contributed by atoms with E-state index in [0.29, 0.717) is 57.9 Å². The Morgan fingerprint density at radius 1 is 1.02 bits per heavy atom. The minimum Gasteiger partial charge on any atom is -0.490 e. The summed E-state index contributed by atoms with van der Waals surface area (Å²) in [6, 6.07) is 17.0. The molecule has 4 rings (SSSR count). The van der Waals surface area contributed by atoms with Gasteiger partial charge in [0.25, 0.3) is 0 Å². The van der Waals surface area contributed by atoms with Gasteiger partial charge in [0.1, 0.15) is 24.7 Å². The van der Waals surface area contributed by atoms with E-state index >= 15 is 0 Å². The van der Waals surface area contributed by atoms with E-state index in [9.17, 15) is 9.59 Å². The molecule has 1 aliphatic rings. The molecule has 44 heavy (non-hydrogen) atoms. The van der Waals surface area contributed by atoms with Crippen molar-refractivity contribution in [2.45, 2.75) is 45.7 Å². The second kappa shape index (κ2) is 16.4. The summed E-state index contributed by atoms with van der Waals surface area (Å²) in [5, 5.41) is 0.926. The van der Waals surface area contributed by atoms with E-state index in [-0.39, 0.29) is 37.6 Å². The summed E-state index contributed by atoms with van der Waals surface area (Å²) >= 11 is 16.1. The van der Waals surface area contributed by atoms with Crippen LogP contribution in [0.1, 0.15) is 36.5 Å². The predicted octanol–water partition coefficient (Wildman–Crippen LogP) is 6.77. The van der Waals surface area contributed by atoms with Crippen LogP contribution >= 0.6 is 39.1 Å². The zero-order chi connectivity index (χ0) is 31.6. The van der Waals surface area contributed by atoms with Crippen molar-refractivity contribution < 1.29 is 28.5 Å². The minimum absolute atomic E-state index is 0.0191. The van der Waals surface area contributed by atoms with Crippen molar-refractivity contribution in [2.24, 2.45) is 11.7 Å². The van der Waals surface area contributed by atoms with Gasteiger partial charge in [0, 0.05) is 19.1 Å². The number of hydrogen-bond acceptors (Lipinski definition) is 7. The summed E-state index contributed by atoms with van der Waals surface area (Å²) in [6.07, 6.45) is 2.42. The number of aryl methyl sites for hydroxylation is 1. The highest BCUT2D eigenvalue weighted by Crippen LogP contribution is 2.35. The lowest BCUT2D eigenvalue weighted by molar-refractivity contribution is -0.145. The standard InChI is InChI=1S/C33H37BrCl2N2O6/c1-3-41-30(39)20-44-29-6-4-5-23(31(29)34)19-38(25-9-10-25)33(40)24(18-37)17-22-7-11-26(12-8-22)42-13-14-43-32-27(35)15-21(2)16-28(32)36/h4-8,11-12,15-16,24-25H,3,9-10,13-14,17-20,37H2,1-2H3. The van der Waals surface area contributed by atoms with Gasteiger partial charge in [0.2, 0.25) is 5.91 Å². The number of halogens is 3. The molecule has 3 aromatic carbocycles. The average molecular weight is 708 g/mol. The van der Waals surface area contributed by atoms with Crippen LogP contribution in [0.5, 0.6) is 17.2 Å². The van der Waals surface area contributed by atoms with E-state index in [4.69, 9.17) is 47.9 Å². The lowest BCUT2D eigenvalue weighted by Gasteiger charge is -2.28. The van der Waals surface area contributed by atoms with Crippen LogP contribution in [-0.2, 0) is 27.3 Å². The number of nitrogens with two attached hydrogens (primary N) is 1. The third kappa shape index (κ3) is 9.51. The Bertz CT molecular complexity index is 1410. The van der Waals surface area contributed by atoms with Crippen LogP contribution in [0, 0.1) is 12.8 Å². The zero-order valence-electron chi connectivity index (χ0n) is 24.8. The molecule has 0 saturated heterocycles. The molecule has 0 heterocycles. The average Bonchev–Trinajstić information content (AvgIpc) is 3.84. The maximum Gasteiger partial charge on any atom is 0.344 e. The molecule has 1 aliphatic carbocycles. The van der Waals surface area contributed by atoms with Crippen LogP contribution < -0.4 is 19.9 Å². The monoisotopic (exact) mass is 706 g/mol. The number of amides is 1. The fourth-order valence-corrected chi connectivity index (χ4v) is 5.94. The summed E-state index contributed by atoms with van der Waals surface area (Å²) in [5.41, 5.74) is 8.96. The first kappa shape index (κ1) is 33.9. The van der Waals surface area contributed by atoms with Gasteiger partial charge in [0.05, 0.1) is 27.0 Å².